The Morgan fingerprint density at radius 3 is 2.50 bits per heavy atom. The molecule has 2 aromatic rings. The molecule has 7 heteroatoms. The minimum absolute atomic E-state index is 0.0894. The number of hydrogen-bond donors (Lipinski definition) is 3. The van der Waals surface area contributed by atoms with Crippen LogP contribution in [-0.4, -0.2) is 41.7 Å². The highest BCUT2D eigenvalue weighted by molar-refractivity contribution is 6.04. The second kappa shape index (κ2) is 10.5. The van der Waals surface area contributed by atoms with Crippen LogP contribution < -0.4 is 15.5 Å². The molecular formula is C25H34N4O3. The molecule has 32 heavy (non-hydrogen) atoms. The van der Waals surface area contributed by atoms with Crippen molar-refractivity contribution in [2.45, 2.75) is 65.8 Å². The molecule has 1 unspecified atom stereocenters. The quantitative estimate of drug-likeness (QED) is 0.507. The maximum atomic E-state index is 13.1. The van der Waals surface area contributed by atoms with E-state index in [-0.39, 0.29) is 17.6 Å². The summed E-state index contributed by atoms with van der Waals surface area (Å²) in [7, 11) is 0. The highest BCUT2D eigenvalue weighted by Crippen LogP contribution is 2.24. The predicted molar refractivity (Wildman–Crippen MR) is 128 cm³/mol. The second-order valence-electron chi connectivity index (χ2n) is 8.58. The molecule has 1 aromatic heterocycles. The summed E-state index contributed by atoms with van der Waals surface area (Å²) < 4.78 is 0. The van der Waals surface area contributed by atoms with Crippen LogP contribution in [0.3, 0.4) is 0 Å². The lowest BCUT2D eigenvalue weighted by Crippen LogP contribution is -2.44. The smallest absolute Gasteiger partial charge is 0.268 e. The van der Waals surface area contributed by atoms with Crippen molar-refractivity contribution in [1.82, 2.24) is 10.3 Å². The van der Waals surface area contributed by atoms with Gasteiger partial charge in [-0.1, -0.05) is 25.8 Å². The van der Waals surface area contributed by atoms with Gasteiger partial charge in [-0.25, -0.2) is 0 Å². The zero-order chi connectivity index (χ0) is 23.3. The SMILES string of the molecule is CCCCC(NC(=O)c1[nH]c(C)c(C(C)=O)c1C)C(=O)Nc1cccc(N2CCCC2)c1. The molecule has 3 rings (SSSR count). The molecule has 2 amide bonds. The first-order valence-corrected chi connectivity index (χ1v) is 11.5. The van der Waals surface area contributed by atoms with Crippen molar-refractivity contribution in [3.05, 3.63) is 46.8 Å². The number of H-pyrrole nitrogens is 1. The van der Waals surface area contributed by atoms with Crippen molar-refractivity contribution < 1.29 is 14.4 Å². The largest absolute Gasteiger partial charge is 0.371 e. The highest BCUT2D eigenvalue weighted by atomic mass is 16.2. The number of amides is 2. The fraction of sp³-hybridized carbons (Fsp3) is 0.480. The maximum absolute atomic E-state index is 13.1. The van der Waals surface area contributed by atoms with Crippen LogP contribution in [0.5, 0.6) is 0 Å². The van der Waals surface area contributed by atoms with Crippen molar-refractivity contribution in [3.8, 4) is 0 Å². The first kappa shape index (κ1) is 23.6. The van der Waals surface area contributed by atoms with Gasteiger partial charge in [0.1, 0.15) is 11.7 Å². The van der Waals surface area contributed by atoms with Crippen LogP contribution in [0.1, 0.15) is 78.1 Å². The maximum Gasteiger partial charge on any atom is 0.268 e. The molecule has 1 saturated heterocycles. The number of benzene rings is 1. The zero-order valence-electron chi connectivity index (χ0n) is 19.5. The van der Waals surface area contributed by atoms with Gasteiger partial charge in [-0.2, -0.15) is 0 Å². The summed E-state index contributed by atoms with van der Waals surface area (Å²) in [4.78, 5) is 43.3. The number of carbonyl (C=O) groups excluding carboxylic acids is 3. The Morgan fingerprint density at radius 1 is 1.16 bits per heavy atom. The first-order chi connectivity index (χ1) is 15.3. The first-order valence-electron chi connectivity index (χ1n) is 11.5. The Morgan fingerprint density at radius 2 is 1.88 bits per heavy atom. The number of aromatic nitrogens is 1. The van der Waals surface area contributed by atoms with Crippen LogP contribution >= 0.6 is 0 Å². The highest BCUT2D eigenvalue weighted by Gasteiger charge is 2.25. The van der Waals surface area contributed by atoms with E-state index < -0.39 is 6.04 Å². The number of ketones is 1. The zero-order valence-corrected chi connectivity index (χ0v) is 19.5. The lowest BCUT2D eigenvalue weighted by molar-refractivity contribution is -0.118. The van der Waals surface area contributed by atoms with Crippen molar-refractivity contribution in [1.29, 1.82) is 0 Å². The molecule has 1 aromatic carbocycles. The molecule has 1 fully saturated rings. The van der Waals surface area contributed by atoms with E-state index in [4.69, 9.17) is 0 Å². The average molecular weight is 439 g/mol. The average Bonchev–Trinajstić information content (AvgIpc) is 3.39. The molecule has 172 valence electrons. The normalized spacial score (nSPS) is 14.3. The molecule has 1 atom stereocenters. The van der Waals surface area contributed by atoms with Crippen LogP contribution in [0.15, 0.2) is 24.3 Å². The third-order valence-corrected chi connectivity index (χ3v) is 6.07. The van der Waals surface area contributed by atoms with Crippen LogP contribution in [0.2, 0.25) is 0 Å². The molecule has 0 spiro atoms. The van der Waals surface area contributed by atoms with Gasteiger partial charge in [0.15, 0.2) is 5.78 Å². The molecule has 7 nitrogen and oxygen atoms in total. The van der Waals surface area contributed by atoms with Gasteiger partial charge in [-0.15, -0.1) is 0 Å². The van der Waals surface area contributed by atoms with E-state index in [0.717, 1.165) is 37.3 Å². The van der Waals surface area contributed by atoms with E-state index in [1.807, 2.05) is 25.1 Å². The van der Waals surface area contributed by atoms with Crippen molar-refractivity contribution in [3.63, 3.8) is 0 Å². The number of Topliss-reactive ketones (excluding diaryl/α,β-unsaturated/α-hetero) is 1. The molecule has 0 bridgehead atoms. The Kier molecular flexibility index (Phi) is 7.72. The Hall–Kier alpha value is -3.09. The van der Waals surface area contributed by atoms with Gasteiger partial charge in [0.05, 0.1) is 0 Å². The number of nitrogens with zero attached hydrogens (tertiary/aromatic N) is 1. The third kappa shape index (κ3) is 5.39. The molecule has 1 aliphatic heterocycles. The Balaban J connectivity index is 1.74. The summed E-state index contributed by atoms with van der Waals surface area (Å²) in [6.45, 7) is 9.12. The molecule has 0 radical (unpaired) electrons. The summed E-state index contributed by atoms with van der Waals surface area (Å²) in [5, 5.41) is 5.85. The third-order valence-electron chi connectivity index (χ3n) is 6.07. The summed E-state index contributed by atoms with van der Waals surface area (Å²) in [5.74, 6) is -0.702. The van der Waals surface area contributed by atoms with E-state index in [1.165, 1.54) is 19.8 Å². The van der Waals surface area contributed by atoms with Gasteiger partial charge < -0.3 is 20.5 Å². The standard InChI is InChI=1S/C25H34N4O3/c1-5-6-12-21(28-25(32)23-16(2)22(18(4)30)17(3)26-23)24(31)27-19-10-9-11-20(15-19)29-13-7-8-14-29/h9-11,15,21,26H,5-8,12-14H2,1-4H3,(H,27,31)(H,28,32). The summed E-state index contributed by atoms with van der Waals surface area (Å²) in [5.41, 5.74) is 3.96. The van der Waals surface area contributed by atoms with E-state index in [2.05, 4.69) is 26.6 Å². The lowest BCUT2D eigenvalue weighted by Gasteiger charge is -2.20. The summed E-state index contributed by atoms with van der Waals surface area (Å²) in [6, 6.07) is 7.19. The monoisotopic (exact) mass is 438 g/mol. The van der Waals surface area contributed by atoms with Gasteiger partial charge in [0.2, 0.25) is 5.91 Å². The van der Waals surface area contributed by atoms with Gasteiger partial charge in [-0.05, 0) is 63.8 Å². The van der Waals surface area contributed by atoms with Gasteiger partial charge in [0.25, 0.3) is 5.91 Å². The van der Waals surface area contributed by atoms with Crippen LogP contribution in [0.25, 0.3) is 0 Å². The Labute approximate surface area is 190 Å². The number of hydrogen-bond acceptors (Lipinski definition) is 4. The van der Waals surface area contributed by atoms with E-state index >= 15 is 0 Å². The van der Waals surface area contributed by atoms with Crippen molar-refractivity contribution in [2.24, 2.45) is 0 Å². The molecule has 2 heterocycles. The number of aromatic amines is 1. The molecule has 3 N–H and O–H groups in total. The number of aryl methyl sites for hydroxylation is 1. The molecule has 0 saturated carbocycles. The number of nitrogens with one attached hydrogen (secondary N) is 3. The van der Waals surface area contributed by atoms with Gasteiger partial charge in [-0.3, -0.25) is 14.4 Å². The van der Waals surface area contributed by atoms with Crippen LogP contribution in [0.4, 0.5) is 11.4 Å². The minimum Gasteiger partial charge on any atom is -0.371 e. The number of carbonyl (C=O) groups is 3. The number of unbranched alkanes of at least 4 members (excludes halogenated alkanes) is 1. The van der Waals surface area contributed by atoms with Crippen LogP contribution in [0, 0.1) is 13.8 Å². The van der Waals surface area contributed by atoms with E-state index in [9.17, 15) is 14.4 Å². The lowest BCUT2D eigenvalue weighted by atomic mass is 10.1. The summed E-state index contributed by atoms with van der Waals surface area (Å²) in [6.07, 6.45) is 4.64. The minimum atomic E-state index is -0.665. The van der Waals surface area contributed by atoms with Crippen molar-refractivity contribution in [2.75, 3.05) is 23.3 Å². The molecule has 1 aliphatic rings. The molecule has 0 aliphatic carbocycles. The fourth-order valence-electron chi connectivity index (χ4n) is 4.40. The summed E-state index contributed by atoms with van der Waals surface area (Å²) >= 11 is 0. The van der Waals surface area contributed by atoms with E-state index in [1.54, 1.807) is 13.8 Å². The number of anilines is 2. The Bertz CT molecular complexity index is 989. The molecular weight excluding hydrogens is 404 g/mol. The van der Waals surface area contributed by atoms with E-state index in [0.29, 0.717) is 28.9 Å². The van der Waals surface area contributed by atoms with Crippen LogP contribution in [-0.2, 0) is 4.79 Å². The van der Waals surface area contributed by atoms with Gasteiger partial charge in [0, 0.05) is 35.7 Å². The van der Waals surface area contributed by atoms with Crippen molar-refractivity contribution >= 4 is 29.0 Å². The second-order valence-corrected chi connectivity index (χ2v) is 8.58. The number of rotatable bonds is 9. The predicted octanol–water partition coefficient (Wildman–Crippen LogP) is 4.36. The fourth-order valence-corrected chi connectivity index (χ4v) is 4.40. The topological polar surface area (TPSA) is 94.3 Å². The van der Waals surface area contributed by atoms with Gasteiger partial charge >= 0.3 is 0 Å².